The van der Waals surface area contributed by atoms with Crippen molar-refractivity contribution in [1.82, 2.24) is 0 Å². The maximum atomic E-state index is 12.1. The van der Waals surface area contributed by atoms with E-state index in [1.807, 2.05) is 44.2 Å². The predicted octanol–water partition coefficient (Wildman–Crippen LogP) is 6.08. The maximum absolute atomic E-state index is 12.1. The standard InChI is InChI=1S/C20H23BrClNO2/c1-4-15-7-8-18(17(21)12-15)23-19(24)6-5-9-25-16-10-13(2)20(22)14(3)11-16/h7-8,10-12H,4-6,9H2,1-3H3,(H,23,24). The Hall–Kier alpha value is -1.52. The molecule has 2 aromatic rings. The molecule has 3 nitrogen and oxygen atoms in total. The molecule has 0 saturated carbocycles. The number of hydrogen-bond donors (Lipinski definition) is 1. The van der Waals surface area contributed by atoms with Crippen molar-refractivity contribution in [3.8, 4) is 5.75 Å². The number of ether oxygens (including phenoxy) is 1. The van der Waals surface area contributed by atoms with Crippen LogP contribution in [0.25, 0.3) is 0 Å². The molecule has 0 aliphatic carbocycles. The Morgan fingerprint density at radius 3 is 2.48 bits per heavy atom. The summed E-state index contributed by atoms with van der Waals surface area (Å²) in [5.41, 5.74) is 4.02. The quantitative estimate of drug-likeness (QED) is 0.547. The molecule has 1 N–H and O–H groups in total. The molecule has 0 aromatic heterocycles. The molecule has 0 radical (unpaired) electrons. The first kappa shape index (κ1) is 19.8. The molecule has 25 heavy (non-hydrogen) atoms. The molecule has 0 saturated heterocycles. The fraction of sp³-hybridized carbons (Fsp3) is 0.350. The second kappa shape index (κ2) is 9.25. The fourth-order valence-corrected chi connectivity index (χ4v) is 3.14. The minimum atomic E-state index is -0.0167. The summed E-state index contributed by atoms with van der Waals surface area (Å²) in [7, 11) is 0. The van der Waals surface area contributed by atoms with Gasteiger partial charge in [0.25, 0.3) is 0 Å². The molecular formula is C20H23BrClNO2. The number of aryl methyl sites for hydroxylation is 3. The molecule has 0 unspecified atom stereocenters. The molecular weight excluding hydrogens is 402 g/mol. The van der Waals surface area contributed by atoms with Gasteiger partial charge in [0, 0.05) is 15.9 Å². The highest BCUT2D eigenvalue weighted by Gasteiger charge is 2.07. The molecule has 0 aliphatic heterocycles. The molecule has 5 heteroatoms. The van der Waals surface area contributed by atoms with Gasteiger partial charge < -0.3 is 10.1 Å². The Balaban J connectivity index is 1.79. The van der Waals surface area contributed by atoms with Crippen molar-refractivity contribution < 1.29 is 9.53 Å². The number of rotatable bonds is 7. The van der Waals surface area contributed by atoms with Crippen LogP contribution in [-0.2, 0) is 11.2 Å². The van der Waals surface area contributed by atoms with Crippen molar-refractivity contribution >= 4 is 39.1 Å². The lowest BCUT2D eigenvalue weighted by atomic mass is 10.1. The van der Waals surface area contributed by atoms with Crippen molar-refractivity contribution in [2.24, 2.45) is 0 Å². The Morgan fingerprint density at radius 2 is 1.88 bits per heavy atom. The zero-order valence-electron chi connectivity index (χ0n) is 14.8. The zero-order valence-corrected chi connectivity index (χ0v) is 17.1. The molecule has 2 aromatic carbocycles. The van der Waals surface area contributed by atoms with Gasteiger partial charge in [-0.3, -0.25) is 4.79 Å². The first-order valence-corrected chi connectivity index (χ1v) is 9.55. The molecule has 2 rings (SSSR count). The highest BCUT2D eigenvalue weighted by molar-refractivity contribution is 9.10. The van der Waals surface area contributed by atoms with Gasteiger partial charge in [-0.25, -0.2) is 0 Å². The molecule has 0 aliphatic rings. The van der Waals surface area contributed by atoms with Crippen molar-refractivity contribution in [1.29, 1.82) is 0 Å². The van der Waals surface area contributed by atoms with Crippen LogP contribution in [0.2, 0.25) is 5.02 Å². The third-order valence-electron chi connectivity index (χ3n) is 3.94. The van der Waals surface area contributed by atoms with Gasteiger partial charge in [-0.1, -0.05) is 24.6 Å². The summed E-state index contributed by atoms with van der Waals surface area (Å²) in [4.78, 5) is 12.1. The van der Waals surface area contributed by atoms with E-state index in [0.717, 1.165) is 38.5 Å². The lowest BCUT2D eigenvalue weighted by Crippen LogP contribution is -2.13. The number of carbonyl (C=O) groups excluding carboxylic acids is 1. The number of amides is 1. The molecule has 0 spiro atoms. The van der Waals surface area contributed by atoms with Gasteiger partial charge in [-0.2, -0.15) is 0 Å². The van der Waals surface area contributed by atoms with Crippen molar-refractivity contribution in [2.45, 2.75) is 40.0 Å². The Kier molecular flexibility index (Phi) is 7.33. The normalized spacial score (nSPS) is 10.6. The zero-order chi connectivity index (χ0) is 18.4. The molecule has 0 heterocycles. The first-order chi connectivity index (χ1) is 11.9. The van der Waals surface area contributed by atoms with Gasteiger partial charge in [0.1, 0.15) is 5.75 Å². The van der Waals surface area contributed by atoms with Crippen LogP contribution in [0, 0.1) is 13.8 Å². The van der Waals surface area contributed by atoms with Crippen LogP contribution >= 0.6 is 27.5 Å². The predicted molar refractivity (Wildman–Crippen MR) is 108 cm³/mol. The minimum Gasteiger partial charge on any atom is -0.494 e. The van der Waals surface area contributed by atoms with E-state index in [0.29, 0.717) is 19.4 Å². The van der Waals surface area contributed by atoms with E-state index in [-0.39, 0.29) is 5.91 Å². The summed E-state index contributed by atoms with van der Waals surface area (Å²) in [6, 6.07) is 9.82. The largest absolute Gasteiger partial charge is 0.494 e. The van der Waals surface area contributed by atoms with Crippen LogP contribution in [0.3, 0.4) is 0 Å². The van der Waals surface area contributed by atoms with Crippen LogP contribution in [0.15, 0.2) is 34.8 Å². The SMILES string of the molecule is CCc1ccc(NC(=O)CCCOc2cc(C)c(Cl)c(C)c2)c(Br)c1. The number of anilines is 1. The Labute approximate surface area is 162 Å². The van der Waals surface area contributed by atoms with Crippen LogP contribution in [-0.4, -0.2) is 12.5 Å². The van der Waals surface area contributed by atoms with E-state index >= 15 is 0 Å². The average molecular weight is 425 g/mol. The molecule has 0 atom stereocenters. The van der Waals surface area contributed by atoms with E-state index < -0.39 is 0 Å². The summed E-state index contributed by atoms with van der Waals surface area (Å²) in [5, 5.41) is 3.70. The van der Waals surface area contributed by atoms with Gasteiger partial charge in [0.05, 0.1) is 12.3 Å². The fourth-order valence-electron chi connectivity index (χ4n) is 2.50. The third kappa shape index (κ3) is 5.75. The topological polar surface area (TPSA) is 38.3 Å². The van der Waals surface area contributed by atoms with E-state index in [1.54, 1.807) is 0 Å². The third-order valence-corrected chi connectivity index (χ3v) is 5.19. The van der Waals surface area contributed by atoms with Gasteiger partial charge in [-0.15, -0.1) is 0 Å². The van der Waals surface area contributed by atoms with E-state index in [4.69, 9.17) is 16.3 Å². The minimum absolute atomic E-state index is 0.0167. The number of hydrogen-bond acceptors (Lipinski definition) is 2. The van der Waals surface area contributed by atoms with Crippen molar-refractivity contribution in [3.63, 3.8) is 0 Å². The molecule has 134 valence electrons. The van der Waals surface area contributed by atoms with Gasteiger partial charge >= 0.3 is 0 Å². The summed E-state index contributed by atoms with van der Waals surface area (Å²) < 4.78 is 6.64. The first-order valence-electron chi connectivity index (χ1n) is 8.38. The second-order valence-corrected chi connectivity index (χ2v) is 7.27. The average Bonchev–Trinajstić information content (AvgIpc) is 2.58. The number of nitrogens with one attached hydrogen (secondary N) is 1. The van der Waals surface area contributed by atoms with E-state index in [1.165, 1.54) is 5.56 Å². The van der Waals surface area contributed by atoms with E-state index in [2.05, 4.69) is 28.2 Å². The highest BCUT2D eigenvalue weighted by atomic mass is 79.9. The molecule has 0 fully saturated rings. The van der Waals surface area contributed by atoms with Gasteiger partial charge in [0.2, 0.25) is 5.91 Å². The maximum Gasteiger partial charge on any atom is 0.224 e. The van der Waals surface area contributed by atoms with Gasteiger partial charge in [-0.05, 0) is 83.6 Å². The summed E-state index contributed by atoms with van der Waals surface area (Å²) >= 11 is 9.65. The summed E-state index contributed by atoms with van der Waals surface area (Å²) in [6.45, 7) is 6.50. The van der Waals surface area contributed by atoms with Crippen molar-refractivity contribution in [3.05, 3.63) is 56.5 Å². The highest BCUT2D eigenvalue weighted by Crippen LogP contribution is 2.26. The monoisotopic (exact) mass is 423 g/mol. The lowest BCUT2D eigenvalue weighted by molar-refractivity contribution is -0.116. The number of halogens is 2. The summed E-state index contributed by atoms with van der Waals surface area (Å²) in [6.07, 6.45) is 2.03. The Morgan fingerprint density at radius 1 is 1.20 bits per heavy atom. The summed E-state index contributed by atoms with van der Waals surface area (Å²) in [5.74, 6) is 0.773. The Bertz CT molecular complexity index is 738. The van der Waals surface area contributed by atoms with Crippen LogP contribution in [0.4, 0.5) is 5.69 Å². The van der Waals surface area contributed by atoms with Crippen LogP contribution in [0.5, 0.6) is 5.75 Å². The molecule has 1 amide bonds. The number of benzene rings is 2. The van der Waals surface area contributed by atoms with E-state index in [9.17, 15) is 4.79 Å². The van der Waals surface area contributed by atoms with Crippen molar-refractivity contribution in [2.75, 3.05) is 11.9 Å². The number of carbonyl (C=O) groups is 1. The van der Waals surface area contributed by atoms with Crippen LogP contribution < -0.4 is 10.1 Å². The second-order valence-electron chi connectivity index (χ2n) is 6.04. The van der Waals surface area contributed by atoms with Gasteiger partial charge in [0.15, 0.2) is 0 Å². The van der Waals surface area contributed by atoms with Crippen LogP contribution in [0.1, 0.15) is 36.5 Å². The lowest BCUT2D eigenvalue weighted by Gasteiger charge is -2.11. The smallest absolute Gasteiger partial charge is 0.224 e. The molecule has 0 bridgehead atoms.